The highest BCUT2D eigenvalue weighted by atomic mass is 16.6. The molecule has 0 aromatic heterocycles. The average Bonchev–Trinajstić information content (AvgIpc) is 2.47. The molecule has 3 unspecified atom stereocenters. The standard InChI is InChI=1S/C16H26O5/c1-7-12(3)21-15(6)11-19-13(4)9-18-14(5)10-20-16(17)8-2/h7-8,13-15H,1-3,9-11H2,4-6H3. The summed E-state index contributed by atoms with van der Waals surface area (Å²) in [6, 6.07) is 0. The van der Waals surface area contributed by atoms with E-state index in [0.717, 1.165) is 6.08 Å². The minimum Gasteiger partial charge on any atom is -0.489 e. The van der Waals surface area contributed by atoms with Gasteiger partial charge >= 0.3 is 5.97 Å². The Bertz CT molecular complexity index is 351. The zero-order valence-electron chi connectivity index (χ0n) is 13.2. The first kappa shape index (κ1) is 19.4. The van der Waals surface area contributed by atoms with Crippen LogP contribution in [0.1, 0.15) is 20.8 Å². The highest BCUT2D eigenvalue weighted by Crippen LogP contribution is 2.04. The van der Waals surface area contributed by atoms with Gasteiger partial charge in [-0.2, -0.15) is 0 Å². The number of carbonyl (C=O) groups is 1. The highest BCUT2D eigenvalue weighted by Gasteiger charge is 2.11. The molecule has 0 amide bonds. The van der Waals surface area contributed by atoms with Crippen molar-refractivity contribution in [2.45, 2.75) is 39.1 Å². The Labute approximate surface area is 127 Å². The number of allylic oxidation sites excluding steroid dienone is 1. The van der Waals surface area contributed by atoms with Crippen molar-refractivity contribution >= 4 is 5.97 Å². The molecule has 0 fully saturated rings. The molecule has 5 nitrogen and oxygen atoms in total. The Balaban J connectivity index is 3.76. The molecule has 0 spiro atoms. The van der Waals surface area contributed by atoms with Crippen molar-refractivity contribution in [1.29, 1.82) is 0 Å². The molecule has 0 radical (unpaired) electrons. The molecule has 0 saturated heterocycles. The van der Waals surface area contributed by atoms with E-state index >= 15 is 0 Å². The van der Waals surface area contributed by atoms with E-state index in [-0.39, 0.29) is 24.9 Å². The summed E-state index contributed by atoms with van der Waals surface area (Å²) in [6.07, 6.45) is 2.27. The fourth-order valence-corrected chi connectivity index (χ4v) is 1.29. The van der Waals surface area contributed by atoms with E-state index in [0.29, 0.717) is 19.0 Å². The van der Waals surface area contributed by atoms with Crippen LogP contribution in [0.2, 0.25) is 0 Å². The Kier molecular flexibility index (Phi) is 10.3. The van der Waals surface area contributed by atoms with Crippen molar-refractivity contribution in [3.05, 3.63) is 37.6 Å². The van der Waals surface area contributed by atoms with Crippen LogP contribution >= 0.6 is 0 Å². The lowest BCUT2D eigenvalue weighted by molar-refractivity contribution is -0.142. The van der Waals surface area contributed by atoms with Gasteiger partial charge < -0.3 is 18.9 Å². The van der Waals surface area contributed by atoms with E-state index in [4.69, 9.17) is 18.9 Å². The second kappa shape index (κ2) is 11.1. The quantitative estimate of drug-likeness (QED) is 0.240. The van der Waals surface area contributed by atoms with Crippen molar-refractivity contribution in [3.8, 4) is 0 Å². The maximum atomic E-state index is 10.9. The van der Waals surface area contributed by atoms with Gasteiger partial charge in [-0.05, 0) is 26.8 Å². The van der Waals surface area contributed by atoms with Crippen LogP contribution in [0.3, 0.4) is 0 Å². The predicted octanol–water partition coefficient (Wildman–Crippen LogP) is 2.63. The molecule has 0 aliphatic rings. The first-order valence-corrected chi connectivity index (χ1v) is 6.89. The van der Waals surface area contributed by atoms with Gasteiger partial charge in [0.05, 0.1) is 25.4 Å². The van der Waals surface area contributed by atoms with Crippen molar-refractivity contribution in [1.82, 2.24) is 0 Å². The summed E-state index contributed by atoms with van der Waals surface area (Å²) in [6.45, 7) is 17.2. The van der Waals surface area contributed by atoms with Crippen molar-refractivity contribution in [3.63, 3.8) is 0 Å². The molecule has 0 N–H and O–H groups in total. The Morgan fingerprint density at radius 2 is 1.48 bits per heavy atom. The summed E-state index contributed by atoms with van der Waals surface area (Å²) in [7, 11) is 0. The number of carbonyl (C=O) groups excluding carboxylic acids is 1. The Hall–Kier alpha value is -1.59. The van der Waals surface area contributed by atoms with Gasteiger partial charge in [-0.1, -0.05) is 19.7 Å². The lowest BCUT2D eigenvalue weighted by Crippen LogP contribution is -2.26. The van der Waals surface area contributed by atoms with Gasteiger partial charge in [0.1, 0.15) is 18.5 Å². The van der Waals surface area contributed by atoms with Crippen LogP contribution in [-0.4, -0.2) is 44.1 Å². The summed E-state index contributed by atoms with van der Waals surface area (Å²) in [5, 5.41) is 0. The lowest BCUT2D eigenvalue weighted by atomic mass is 10.4. The topological polar surface area (TPSA) is 54.0 Å². The smallest absolute Gasteiger partial charge is 0.330 e. The van der Waals surface area contributed by atoms with Crippen LogP contribution < -0.4 is 0 Å². The van der Waals surface area contributed by atoms with E-state index in [1.807, 2.05) is 20.8 Å². The number of hydrogen-bond acceptors (Lipinski definition) is 5. The van der Waals surface area contributed by atoms with Crippen molar-refractivity contribution in [2.24, 2.45) is 0 Å². The third-order valence-corrected chi connectivity index (χ3v) is 2.44. The maximum Gasteiger partial charge on any atom is 0.330 e. The Morgan fingerprint density at radius 3 is 2.00 bits per heavy atom. The monoisotopic (exact) mass is 298 g/mol. The normalized spacial score (nSPS) is 14.6. The largest absolute Gasteiger partial charge is 0.489 e. The molecular formula is C16H26O5. The van der Waals surface area contributed by atoms with Gasteiger partial charge in [0.25, 0.3) is 0 Å². The third-order valence-electron chi connectivity index (χ3n) is 2.44. The molecule has 21 heavy (non-hydrogen) atoms. The van der Waals surface area contributed by atoms with E-state index in [2.05, 4.69) is 19.7 Å². The van der Waals surface area contributed by atoms with Crippen LogP contribution in [0.25, 0.3) is 0 Å². The SMILES string of the molecule is C=CC(=C)OC(C)COC(C)COC(C)COC(=O)C=C. The molecule has 0 heterocycles. The van der Waals surface area contributed by atoms with Crippen LogP contribution in [-0.2, 0) is 23.7 Å². The highest BCUT2D eigenvalue weighted by molar-refractivity contribution is 5.81. The molecule has 0 rings (SSSR count). The van der Waals surface area contributed by atoms with Gasteiger partial charge in [0.15, 0.2) is 0 Å². The number of hydrogen-bond donors (Lipinski definition) is 0. The third kappa shape index (κ3) is 10.8. The number of esters is 1. The summed E-state index contributed by atoms with van der Waals surface area (Å²) < 4.78 is 21.4. The summed E-state index contributed by atoms with van der Waals surface area (Å²) in [5.74, 6) is 0.0656. The van der Waals surface area contributed by atoms with Crippen molar-refractivity contribution < 1.29 is 23.7 Å². The fraction of sp³-hybridized carbons (Fsp3) is 0.562. The van der Waals surface area contributed by atoms with Crippen LogP contribution in [0.5, 0.6) is 0 Å². The molecule has 5 heteroatoms. The maximum absolute atomic E-state index is 10.9. The predicted molar refractivity (Wildman–Crippen MR) is 81.9 cm³/mol. The van der Waals surface area contributed by atoms with E-state index < -0.39 is 5.97 Å². The van der Waals surface area contributed by atoms with Gasteiger partial charge in [0.2, 0.25) is 0 Å². The molecule has 0 aliphatic heterocycles. The van der Waals surface area contributed by atoms with E-state index in [1.165, 1.54) is 0 Å². The lowest BCUT2D eigenvalue weighted by Gasteiger charge is -2.20. The fourth-order valence-electron chi connectivity index (χ4n) is 1.29. The summed E-state index contributed by atoms with van der Waals surface area (Å²) >= 11 is 0. The Morgan fingerprint density at radius 1 is 0.952 bits per heavy atom. The molecule has 0 bridgehead atoms. The second-order valence-electron chi connectivity index (χ2n) is 4.72. The van der Waals surface area contributed by atoms with Crippen LogP contribution in [0, 0.1) is 0 Å². The van der Waals surface area contributed by atoms with Gasteiger partial charge in [-0.25, -0.2) is 4.79 Å². The average molecular weight is 298 g/mol. The minimum absolute atomic E-state index is 0.0920. The van der Waals surface area contributed by atoms with Gasteiger partial charge in [0, 0.05) is 6.08 Å². The molecule has 0 aromatic rings. The molecular weight excluding hydrogens is 272 g/mol. The van der Waals surface area contributed by atoms with Gasteiger partial charge in [-0.3, -0.25) is 0 Å². The minimum atomic E-state index is -0.455. The molecule has 0 aliphatic carbocycles. The van der Waals surface area contributed by atoms with Gasteiger partial charge in [-0.15, -0.1) is 0 Å². The number of rotatable bonds is 12. The zero-order valence-corrected chi connectivity index (χ0v) is 13.2. The van der Waals surface area contributed by atoms with Crippen molar-refractivity contribution in [2.75, 3.05) is 19.8 Å². The molecule has 0 aromatic carbocycles. The number of ether oxygens (including phenoxy) is 4. The second-order valence-corrected chi connectivity index (χ2v) is 4.72. The first-order chi connectivity index (χ1) is 9.88. The summed E-state index contributed by atoms with van der Waals surface area (Å²) in [5.41, 5.74) is 0. The zero-order chi connectivity index (χ0) is 16.3. The molecule has 3 atom stereocenters. The first-order valence-electron chi connectivity index (χ1n) is 6.89. The molecule has 0 saturated carbocycles. The van der Waals surface area contributed by atoms with Crippen LogP contribution in [0.4, 0.5) is 0 Å². The summed E-state index contributed by atoms with van der Waals surface area (Å²) in [4.78, 5) is 10.9. The van der Waals surface area contributed by atoms with E-state index in [1.54, 1.807) is 6.08 Å². The van der Waals surface area contributed by atoms with E-state index in [9.17, 15) is 4.79 Å². The van der Waals surface area contributed by atoms with Crippen LogP contribution in [0.15, 0.2) is 37.6 Å². The molecule has 120 valence electrons.